The van der Waals surface area contributed by atoms with Crippen LogP contribution in [-0.4, -0.2) is 25.0 Å². The third kappa shape index (κ3) is 1.62. The van der Waals surface area contributed by atoms with Gasteiger partial charge in [0.2, 0.25) is 11.3 Å². The molecule has 0 unspecified atom stereocenters. The van der Waals surface area contributed by atoms with E-state index in [1.165, 1.54) is 18.2 Å². The van der Waals surface area contributed by atoms with Gasteiger partial charge in [-0.1, -0.05) is 12.1 Å². The molecule has 1 aromatic carbocycles. The lowest BCUT2D eigenvalue weighted by Gasteiger charge is -2.10. The van der Waals surface area contributed by atoms with Crippen molar-refractivity contribution < 1.29 is 13.2 Å². The molecule has 0 spiro atoms. The first kappa shape index (κ1) is 10.8. The first-order valence-electron chi connectivity index (χ1n) is 4.91. The van der Waals surface area contributed by atoms with Crippen LogP contribution >= 0.6 is 0 Å². The maximum Gasteiger partial charge on any atom is 0.418 e. The van der Waals surface area contributed by atoms with Crippen LogP contribution in [-0.2, 0) is 6.18 Å². The number of benzene rings is 1. The number of hydrogen-bond acceptors (Lipinski definition) is 3. The number of aromatic amines is 1. The molecule has 0 aliphatic rings. The van der Waals surface area contributed by atoms with Crippen LogP contribution < -0.4 is 0 Å². The topological polar surface area (TPSA) is 59.4 Å². The SMILES string of the molecule is FC(F)(F)c1ccccc1-n1nc2n[c][nH]c2n1. The van der Waals surface area contributed by atoms with Gasteiger partial charge in [0.15, 0.2) is 6.33 Å². The fourth-order valence-electron chi connectivity index (χ4n) is 1.58. The molecule has 3 aromatic rings. The number of aromatic nitrogens is 5. The first-order chi connectivity index (χ1) is 8.55. The molecule has 8 heteroatoms. The van der Waals surface area contributed by atoms with E-state index in [2.05, 4.69) is 26.5 Å². The predicted molar refractivity (Wildman–Crippen MR) is 54.8 cm³/mol. The predicted octanol–water partition coefficient (Wildman–Crippen LogP) is 1.96. The molecule has 0 saturated carbocycles. The Morgan fingerprint density at radius 1 is 1.17 bits per heavy atom. The third-order valence-electron chi connectivity index (χ3n) is 2.36. The molecule has 3 rings (SSSR count). The zero-order valence-electron chi connectivity index (χ0n) is 8.73. The number of halogens is 3. The third-order valence-corrected chi connectivity index (χ3v) is 2.36. The van der Waals surface area contributed by atoms with E-state index in [0.717, 1.165) is 10.9 Å². The number of nitrogens with zero attached hydrogens (tertiary/aromatic N) is 4. The van der Waals surface area contributed by atoms with E-state index in [-0.39, 0.29) is 17.0 Å². The molecule has 1 N–H and O–H groups in total. The molecule has 0 amide bonds. The Morgan fingerprint density at radius 2 is 1.94 bits per heavy atom. The molecule has 2 aromatic heterocycles. The summed E-state index contributed by atoms with van der Waals surface area (Å²) in [7, 11) is 0. The van der Waals surface area contributed by atoms with E-state index in [4.69, 9.17) is 0 Å². The number of imidazole rings is 1. The van der Waals surface area contributed by atoms with Gasteiger partial charge in [-0.05, 0) is 12.1 Å². The molecule has 91 valence electrons. The summed E-state index contributed by atoms with van der Waals surface area (Å²) in [6, 6.07) is 5.08. The van der Waals surface area contributed by atoms with Gasteiger partial charge in [-0.2, -0.15) is 13.2 Å². The highest BCUT2D eigenvalue weighted by Crippen LogP contribution is 2.33. The number of alkyl halides is 3. The van der Waals surface area contributed by atoms with E-state index in [1.54, 1.807) is 0 Å². The zero-order chi connectivity index (χ0) is 12.8. The molecule has 0 saturated heterocycles. The minimum Gasteiger partial charge on any atom is -0.317 e. The highest BCUT2D eigenvalue weighted by atomic mass is 19.4. The van der Waals surface area contributed by atoms with E-state index in [9.17, 15) is 13.2 Å². The molecule has 0 atom stereocenters. The van der Waals surface area contributed by atoms with E-state index >= 15 is 0 Å². The summed E-state index contributed by atoms with van der Waals surface area (Å²) in [4.78, 5) is 7.16. The maximum atomic E-state index is 12.8. The Morgan fingerprint density at radius 3 is 2.67 bits per heavy atom. The second-order valence-corrected chi connectivity index (χ2v) is 3.53. The van der Waals surface area contributed by atoms with Gasteiger partial charge in [-0.25, -0.2) is 4.98 Å². The number of rotatable bonds is 1. The average molecular weight is 252 g/mol. The van der Waals surface area contributed by atoms with Gasteiger partial charge in [0.25, 0.3) is 0 Å². The van der Waals surface area contributed by atoms with Crippen molar-refractivity contribution >= 4 is 11.3 Å². The molecule has 18 heavy (non-hydrogen) atoms. The summed E-state index contributed by atoms with van der Waals surface area (Å²) >= 11 is 0. The lowest BCUT2D eigenvalue weighted by molar-refractivity contribution is -0.137. The Kier molecular flexibility index (Phi) is 2.12. The Labute approximate surface area is 98.3 Å². The molecular weight excluding hydrogens is 247 g/mol. The molecule has 1 radical (unpaired) electrons. The van der Waals surface area contributed by atoms with Crippen LogP contribution in [0.5, 0.6) is 0 Å². The van der Waals surface area contributed by atoms with E-state index in [1.807, 2.05) is 0 Å². The molecule has 5 nitrogen and oxygen atoms in total. The summed E-state index contributed by atoms with van der Waals surface area (Å²) in [5, 5.41) is 7.72. The molecule has 0 fully saturated rings. The summed E-state index contributed by atoms with van der Waals surface area (Å²) in [6.45, 7) is 0. The van der Waals surface area contributed by atoms with Crippen LogP contribution in [0.3, 0.4) is 0 Å². The van der Waals surface area contributed by atoms with Gasteiger partial charge in [-0.3, -0.25) is 0 Å². The Balaban J connectivity index is 2.20. The van der Waals surface area contributed by atoms with Crippen molar-refractivity contribution in [2.45, 2.75) is 6.18 Å². The van der Waals surface area contributed by atoms with Crippen LogP contribution in [0.1, 0.15) is 5.56 Å². The second kappa shape index (κ2) is 3.56. The van der Waals surface area contributed by atoms with Crippen molar-refractivity contribution in [3.63, 3.8) is 0 Å². The number of hydrogen-bond donors (Lipinski definition) is 1. The molecule has 0 aliphatic carbocycles. The van der Waals surface area contributed by atoms with Crippen LogP contribution in [0.2, 0.25) is 0 Å². The molecular formula is C10H5F3N5. The summed E-state index contributed by atoms with van der Waals surface area (Å²) in [5.74, 6) is 0. The Bertz CT molecular complexity index is 668. The fraction of sp³-hybridized carbons (Fsp3) is 0.100. The smallest absolute Gasteiger partial charge is 0.317 e. The van der Waals surface area contributed by atoms with Crippen molar-refractivity contribution in [1.82, 2.24) is 25.0 Å². The number of H-pyrrole nitrogens is 1. The number of fused-ring (bicyclic) bond motifs is 1. The summed E-state index contributed by atoms with van der Waals surface area (Å²) in [6.07, 6.45) is -2.06. The van der Waals surface area contributed by atoms with Crippen molar-refractivity contribution in [3.05, 3.63) is 36.2 Å². The largest absolute Gasteiger partial charge is 0.418 e. The monoisotopic (exact) mass is 252 g/mol. The van der Waals surface area contributed by atoms with Crippen molar-refractivity contribution in [1.29, 1.82) is 0 Å². The van der Waals surface area contributed by atoms with Crippen LogP contribution in [0.4, 0.5) is 13.2 Å². The quantitative estimate of drug-likeness (QED) is 0.720. The van der Waals surface area contributed by atoms with Crippen molar-refractivity contribution in [3.8, 4) is 5.69 Å². The van der Waals surface area contributed by atoms with Gasteiger partial charge in [0, 0.05) is 0 Å². The van der Waals surface area contributed by atoms with E-state index < -0.39 is 11.7 Å². The van der Waals surface area contributed by atoms with Crippen molar-refractivity contribution in [2.75, 3.05) is 0 Å². The van der Waals surface area contributed by atoms with Gasteiger partial charge in [-0.15, -0.1) is 15.0 Å². The van der Waals surface area contributed by atoms with Gasteiger partial charge in [0.1, 0.15) is 0 Å². The average Bonchev–Trinajstić information content (AvgIpc) is 2.87. The van der Waals surface area contributed by atoms with Crippen molar-refractivity contribution in [2.24, 2.45) is 0 Å². The minimum atomic E-state index is -4.46. The standard InChI is InChI=1S/C10H5F3N5/c11-10(12,13)6-3-1-2-4-7(6)18-16-8-9(17-18)15-5-14-8/h1-4H,(H,14,15,16,17). The number of para-hydroxylation sites is 1. The molecule has 2 heterocycles. The minimum absolute atomic E-state index is 0.142. The second-order valence-electron chi connectivity index (χ2n) is 3.53. The molecule has 0 aliphatic heterocycles. The maximum absolute atomic E-state index is 12.8. The van der Waals surface area contributed by atoms with Gasteiger partial charge < -0.3 is 4.98 Å². The fourth-order valence-corrected chi connectivity index (χ4v) is 1.58. The van der Waals surface area contributed by atoms with E-state index in [0.29, 0.717) is 0 Å². The summed E-state index contributed by atoms with van der Waals surface area (Å²) in [5.41, 5.74) is -0.443. The highest BCUT2D eigenvalue weighted by molar-refractivity contribution is 5.63. The van der Waals surface area contributed by atoms with Crippen LogP contribution in [0.25, 0.3) is 17.0 Å². The summed E-state index contributed by atoms with van der Waals surface area (Å²) < 4.78 is 38.5. The first-order valence-corrected chi connectivity index (χ1v) is 4.91. The van der Waals surface area contributed by atoms with Gasteiger partial charge >= 0.3 is 6.18 Å². The van der Waals surface area contributed by atoms with Crippen LogP contribution in [0.15, 0.2) is 24.3 Å². The normalized spacial score (nSPS) is 12.2. The number of nitrogens with one attached hydrogen (secondary N) is 1. The zero-order valence-corrected chi connectivity index (χ0v) is 8.73. The van der Waals surface area contributed by atoms with Gasteiger partial charge in [0.05, 0.1) is 11.3 Å². The Hall–Kier alpha value is -2.38. The highest BCUT2D eigenvalue weighted by Gasteiger charge is 2.34. The molecule has 0 bridgehead atoms. The van der Waals surface area contributed by atoms with Crippen LogP contribution in [0, 0.1) is 6.33 Å². The lowest BCUT2D eigenvalue weighted by Crippen LogP contribution is -2.12. The lowest BCUT2D eigenvalue weighted by atomic mass is 10.2.